The predicted molar refractivity (Wildman–Crippen MR) is 92.9 cm³/mol. The van der Waals surface area contributed by atoms with Crippen LogP contribution in [0.25, 0.3) is 0 Å². The first-order valence-electron chi connectivity index (χ1n) is 7.42. The number of carbonyl (C=O) groups excluding carboxylic acids is 1. The summed E-state index contributed by atoms with van der Waals surface area (Å²) in [5, 5.41) is 2.72. The van der Waals surface area contributed by atoms with E-state index in [0.29, 0.717) is 23.6 Å². The van der Waals surface area contributed by atoms with Gasteiger partial charge >= 0.3 is 0 Å². The van der Waals surface area contributed by atoms with E-state index in [4.69, 9.17) is 4.74 Å². The maximum Gasteiger partial charge on any atom is 0.255 e. The highest BCUT2D eigenvalue weighted by molar-refractivity contribution is 7.89. The Kier molecular flexibility index (Phi) is 5.58. The molecule has 2 aromatic rings. The summed E-state index contributed by atoms with van der Waals surface area (Å²) in [5.41, 5.74) is 0.787. The Morgan fingerprint density at radius 3 is 2.38 bits per heavy atom. The Morgan fingerprint density at radius 2 is 1.79 bits per heavy atom. The Morgan fingerprint density at radius 1 is 1.12 bits per heavy atom. The van der Waals surface area contributed by atoms with E-state index in [1.54, 1.807) is 30.3 Å². The number of ether oxygens (including phenoxy) is 1. The standard InChI is InChI=1S/C17H20N2O4S/c1-4-23-16-11-10-14(24(21,22)19(2)3)12-15(16)18-17(20)13-8-6-5-7-9-13/h5-12H,4H2,1-3H3,(H,18,20). The lowest BCUT2D eigenvalue weighted by Gasteiger charge is -2.16. The topological polar surface area (TPSA) is 75.7 Å². The molecule has 0 saturated carbocycles. The van der Waals surface area contributed by atoms with Gasteiger partial charge in [-0.1, -0.05) is 18.2 Å². The predicted octanol–water partition coefficient (Wildman–Crippen LogP) is 2.59. The van der Waals surface area contributed by atoms with E-state index >= 15 is 0 Å². The van der Waals surface area contributed by atoms with E-state index in [0.717, 1.165) is 4.31 Å². The van der Waals surface area contributed by atoms with Crippen molar-refractivity contribution in [1.29, 1.82) is 0 Å². The van der Waals surface area contributed by atoms with Gasteiger partial charge in [-0.2, -0.15) is 0 Å². The van der Waals surface area contributed by atoms with Gasteiger partial charge in [0.05, 0.1) is 17.2 Å². The Hall–Kier alpha value is -2.38. The molecule has 0 saturated heterocycles. The number of amides is 1. The molecule has 1 N–H and O–H groups in total. The van der Waals surface area contributed by atoms with Crippen LogP contribution in [0.4, 0.5) is 5.69 Å². The van der Waals surface area contributed by atoms with Crippen molar-refractivity contribution < 1.29 is 17.9 Å². The highest BCUT2D eigenvalue weighted by Crippen LogP contribution is 2.29. The zero-order valence-corrected chi connectivity index (χ0v) is 14.6. The van der Waals surface area contributed by atoms with Crippen molar-refractivity contribution >= 4 is 21.6 Å². The largest absolute Gasteiger partial charge is 0.492 e. The summed E-state index contributed by atoms with van der Waals surface area (Å²) < 4.78 is 31.2. The first-order chi connectivity index (χ1) is 11.4. The molecule has 7 heteroatoms. The number of hydrogen-bond donors (Lipinski definition) is 1. The lowest BCUT2D eigenvalue weighted by Crippen LogP contribution is -2.22. The van der Waals surface area contributed by atoms with Crippen molar-refractivity contribution in [1.82, 2.24) is 4.31 Å². The number of rotatable bonds is 6. The van der Waals surface area contributed by atoms with Gasteiger partial charge in [0.15, 0.2) is 0 Å². The van der Waals surface area contributed by atoms with Crippen LogP contribution in [0.1, 0.15) is 17.3 Å². The molecule has 0 atom stereocenters. The Bertz CT molecular complexity index is 818. The summed E-state index contributed by atoms with van der Waals surface area (Å²) in [6.07, 6.45) is 0. The SMILES string of the molecule is CCOc1ccc(S(=O)(=O)N(C)C)cc1NC(=O)c1ccccc1. The highest BCUT2D eigenvalue weighted by Gasteiger charge is 2.20. The molecule has 0 heterocycles. The molecular formula is C17H20N2O4S. The van der Waals surface area contributed by atoms with E-state index < -0.39 is 10.0 Å². The first-order valence-corrected chi connectivity index (χ1v) is 8.86. The normalized spacial score (nSPS) is 11.3. The second kappa shape index (κ2) is 7.46. The van der Waals surface area contributed by atoms with Gasteiger partial charge in [0.2, 0.25) is 10.0 Å². The quantitative estimate of drug-likeness (QED) is 0.870. The average molecular weight is 348 g/mol. The summed E-state index contributed by atoms with van der Waals surface area (Å²) in [6, 6.07) is 13.1. The third kappa shape index (κ3) is 3.93. The van der Waals surface area contributed by atoms with Crippen LogP contribution in [0.5, 0.6) is 5.75 Å². The molecule has 24 heavy (non-hydrogen) atoms. The second-order valence-corrected chi connectivity index (χ2v) is 7.35. The zero-order valence-electron chi connectivity index (χ0n) is 13.8. The minimum atomic E-state index is -3.61. The van der Waals surface area contributed by atoms with Crippen LogP contribution < -0.4 is 10.1 Å². The molecule has 0 radical (unpaired) electrons. The number of nitrogens with zero attached hydrogens (tertiary/aromatic N) is 1. The lowest BCUT2D eigenvalue weighted by atomic mass is 10.2. The maximum atomic E-state index is 12.3. The highest BCUT2D eigenvalue weighted by atomic mass is 32.2. The van der Waals surface area contributed by atoms with E-state index in [1.807, 2.05) is 13.0 Å². The number of benzene rings is 2. The molecule has 0 aliphatic heterocycles. The van der Waals surface area contributed by atoms with Crippen molar-refractivity contribution in [3.8, 4) is 5.75 Å². The molecule has 0 aromatic heterocycles. The fraction of sp³-hybridized carbons (Fsp3) is 0.235. The number of hydrogen-bond acceptors (Lipinski definition) is 4. The minimum Gasteiger partial charge on any atom is -0.492 e. The lowest BCUT2D eigenvalue weighted by molar-refractivity contribution is 0.102. The van der Waals surface area contributed by atoms with Gasteiger partial charge in [-0.3, -0.25) is 4.79 Å². The summed E-state index contributed by atoms with van der Waals surface area (Å²) in [7, 11) is -0.700. The molecule has 0 bridgehead atoms. The van der Waals surface area contributed by atoms with Gasteiger partial charge in [0, 0.05) is 19.7 Å². The number of carbonyl (C=O) groups is 1. The van der Waals surface area contributed by atoms with Crippen molar-refractivity contribution in [3.05, 3.63) is 54.1 Å². The van der Waals surface area contributed by atoms with Crippen molar-refractivity contribution in [2.24, 2.45) is 0 Å². The smallest absolute Gasteiger partial charge is 0.255 e. The third-order valence-electron chi connectivity index (χ3n) is 3.31. The van der Waals surface area contributed by atoms with Crippen LogP contribution in [0, 0.1) is 0 Å². The molecule has 0 spiro atoms. The molecular weight excluding hydrogens is 328 g/mol. The molecule has 0 aliphatic rings. The van der Waals surface area contributed by atoms with Gasteiger partial charge in [-0.15, -0.1) is 0 Å². The van der Waals surface area contributed by atoms with Crippen LogP contribution in [0.2, 0.25) is 0 Å². The molecule has 1 amide bonds. The monoisotopic (exact) mass is 348 g/mol. The molecule has 128 valence electrons. The third-order valence-corrected chi connectivity index (χ3v) is 5.12. The average Bonchev–Trinajstić information content (AvgIpc) is 2.57. The zero-order chi connectivity index (χ0) is 17.7. The van der Waals surface area contributed by atoms with Gasteiger partial charge < -0.3 is 10.1 Å². The fourth-order valence-corrected chi connectivity index (χ4v) is 2.97. The van der Waals surface area contributed by atoms with Crippen LogP contribution in [0.3, 0.4) is 0 Å². The molecule has 6 nitrogen and oxygen atoms in total. The van der Waals surface area contributed by atoms with E-state index in [9.17, 15) is 13.2 Å². The van der Waals surface area contributed by atoms with Crippen molar-refractivity contribution in [3.63, 3.8) is 0 Å². The number of sulfonamides is 1. The minimum absolute atomic E-state index is 0.0827. The van der Waals surface area contributed by atoms with E-state index in [1.165, 1.54) is 26.2 Å². The Labute approximate surface area is 142 Å². The first kappa shape index (κ1) is 18.0. The maximum absolute atomic E-state index is 12.3. The Balaban J connectivity index is 2.40. The van der Waals surface area contributed by atoms with Gasteiger partial charge in [0.1, 0.15) is 5.75 Å². The van der Waals surface area contributed by atoms with Crippen LogP contribution >= 0.6 is 0 Å². The fourth-order valence-electron chi connectivity index (χ4n) is 2.04. The summed E-state index contributed by atoms with van der Waals surface area (Å²) in [5.74, 6) is 0.0791. The summed E-state index contributed by atoms with van der Waals surface area (Å²) in [6.45, 7) is 2.21. The van der Waals surface area contributed by atoms with Gasteiger partial charge in [-0.25, -0.2) is 12.7 Å². The molecule has 0 fully saturated rings. The van der Waals surface area contributed by atoms with Gasteiger partial charge in [0.25, 0.3) is 5.91 Å². The molecule has 2 aromatic carbocycles. The van der Waals surface area contributed by atoms with Crippen molar-refractivity contribution in [2.45, 2.75) is 11.8 Å². The van der Waals surface area contributed by atoms with Gasteiger partial charge in [-0.05, 0) is 37.3 Å². The van der Waals surface area contributed by atoms with E-state index in [-0.39, 0.29) is 10.8 Å². The summed E-state index contributed by atoms with van der Waals surface area (Å²) >= 11 is 0. The van der Waals surface area contributed by atoms with Crippen LogP contribution in [-0.2, 0) is 10.0 Å². The number of nitrogens with one attached hydrogen (secondary N) is 1. The molecule has 2 rings (SSSR count). The molecule has 0 unspecified atom stereocenters. The van der Waals surface area contributed by atoms with Crippen LogP contribution in [0.15, 0.2) is 53.4 Å². The van der Waals surface area contributed by atoms with Crippen molar-refractivity contribution in [2.75, 3.05) is 26.0 Å². The van der Waals surface area contributed by atoms with E-state index in [2.05, 4.69) is 5.32 Å². The second-order valence-electron chi connectivity index (χ2n) is 5.20. The molecule has 0 aliphatic carbocycles. The summed E-state index contributed by atoms with van der Waals surface area (Å²) in [4.78, 5) is 12.4. The van der Waals surface area contributed by atoms with Crippen LogP contribution in [-0.4, -0.2) is 39.3 Å². The number of anilines is 1.